The Hall–Kier alpha value is -4.12. The topological polar surface area (TPSA) is 41.9 Å². The molecule has 0 aliphatic carbocycles. The number of aryl methyl sites for hydroxylation is 1. The summed E-state index contributed by atoms with van der Waals surface area (Å²) in [6.45, 7) is 10.1. The monoisotopic (exact) mass is 436 g/mol. The van der Waals surface area contributed by atoms with Gasteiger partial charge in [-0.05, 0) is 52.9 Å². The molecule has 0 radical (unpaired) electrons. The van der Waals surface area contributed by atoms with E-state index in [1.54, 1.807) is 17.1 Å². The summed E-state index contributed by atoms with van der Waals surface area (Å²) in [5.41, 5.74) is 7.00. The molecule has 0 aliphatic rings. The fourth-order valence-electron chi connectivity index (χ4n) is 3.79. The molecule has 5 heteroatoms. The number of benzene rings is 2. The first-order valence-corrected chi connectivity index (χ1v) is 10.6. The number of pyridine rings is 1. The van der Waals surface area contributed by atoms with Crippen LogP contribution in [0.5, 0.6) is 0 Å². The standard InChI is InChI=1S/C28H25FN4/c1-5-21-11-12-25(16-22(21)6-2)27-26(29)28(32-18-31-27)33(4)17-20-7-9-23(10-8-20)24-13-14-30-19(3)15-24/h5-16,18H,1-2,17H2,3-4H3. The maximum absolute atomic E-state index is 15.4. The number of nitrogens with zero attached hydrogens (tertiary/aromatic N) is 4. The smallest absolute Gasteiger partial charge is 0.191 e. The van der Waals surface area contributed by atoms with Gasteiger partial charge in [-0.25, -0.2) is 14.4 Å². The van der Waals surface area contributed by atoms with Gasteiger partial charge in [0, 0.05) is 31.0 Å². The van der Waals surface area contributed by atoms with Gasteiger partial charge < -0.3 is 4.90 Å². The van der Waals surface area contributed by atoms with E-state index in [0.717, 1.165) is 33.5 Å². The van der Waals surface area contributed by atoms with Crippen LogP contribution in [0.25, 0.3) is 34.5 Å². The average molecular weight is 437 g/mol. The molecule has 0 spiro atoms. The molecule has 0 amide bonds. The Morgan fingerprint density at radius 1 is 0.848 bits per heavy atom. The highest BCUT2D eigenvalue weighted by Gasteiger charge is 2.17. The molecule has 4 aromatic rings. The molecule has 4 nitrogen and oxygen atoms in total. The van der Waals surface area contributed by atoms with Gasteiger partial charge in [0.25, 0.3) is 0 Å². The molecule has 2 aromatic carbocycles. The number of anilines is 1. The second-order valence-corrected chi connectivity index (χ2v) is 7.85. The van der Waals surface area contributed by atoms with Crippen molar-refractivity contribution < 1.29 is 4.39 Å². The summed E-state index contributed by atoms with van der Waals surface area (Å²) in [7, 11) is 1.82. The van der Waals surface area contributed by atoms with Crippen LogP contribution < -0.4 is 4.90 Å². The van der Waals surface area contributed by atoms with E-state index in [0.29, 0.717) is 12.1 Å². The third-order valence-corrected chi connectivity index (χ3v) is 5.54. The van der Waals surface area contributed by atoms with Crippen LogP contribution in [-0.4, -0.2) is 22.0 Å². The second-order valence-electron chi connectivity index (χ2n) is 7.85. The van der Waals surface area contributed by atoms with Crippen molar-refractivity contribution in [3.8, 4) is 22.4 Å². The van der Waals surface area contributed by atoms with Gasteiger partial charge in [0.1, 0.15) is 12.0 Å². The first-order valence-electron chi connectivity index (χ1n) is 10.6. The molecule has 0 atom stereocenters. The molecule has 0 fully saturated rings. The van der Waals surface area contributed by atoms with Crippen LogP contribution in [0.4, 0.5) is 10.2 Å². The van der Waals surface area contributed by atoms with Gasteiger partial charge in [0.2, 0.25) is 0 Å². The van der Waals surface area contributed by atoms with Crippen molar-refractivity contribution in [2.24, 2.45) is 0 Å². The van der Waals surface area contributed by atoms with E-state index in [2.05, 4.69) is 46.3 Å². The molecule has 2 aromatic heterocycles. The van der Waals surface area contributed by atoms with E-state index in [-0.39, 0.29) is 11.5 Å². The van der Waals surface area contributed by atoms with E-state index >= 15 is 4.39 Å². The normalized spacial score (nSPS) is 10.6. The van der Waals surface area contributed by atoms with E-state index in [9.17, 15) is 0 Å². The summed E-state index contributed by atoms with van der Waals surface area (Å²) in [6, 6.07) is 17.9. The fourth-order valence-corrected chi connectivity index (χ4v) is 3.79. The van der Waals surface area contributed by atoms with Crippen LogP contribution in [0, 0.1) is 12.7 Å². The van der Waals surface area contributed by atoms with Crippen molar-refractivity contribution in [1.29, 1.82) is 0 Å². The molecular formula is C28H25FN4. The Kier molecular flexibility index (Phi) is 6.41. The summed E-state index contributed by atoms with van der Waals surface area (Å²) < 4.78 is 15.4. The van der Waals surface area contributed by atoms with Crippen LogP contribution in [0.3, 0.4) is 0 Å². The molecule has 0 saturated heterocycles. The SMILES string of the molecule is C=Cc1ccc(-c2ncnc(N(C)Cc3ccc(-c4ccnc(C)c4)cc3)c2F)cc1C=C. The van der Waals surface area contributed by atoms with Gasteiger partial charge in [0.05, 0.1) is 0 Å². The summed E-state index contributed by atoms with van der Waals surface area (Å²) in [5, 5.41) is 0. The van der Waals surface area contributed by atoms with Crippen LogP contribution in [-0.2, 0) is 6.54 Å². The molecule has 0 unspecified atom stereocenters. The minimum atomic E-state index is -0.453. The van der Waals surface area contributed by atoms with E-state index in [4.69, 9.17) is 0 Å². The Labute approximate surface area is 193 Å². The predicted octanol–water partition coefficient (Wildman–Crippen LogP) is 6.58. The van der Waals surface area contributed by atoms with Crippen molar-refractivity contribution in [3.05, 3.63) is 108 Å². The van der Waals surface area contributed by atoms with E-state index < -0.39 is 5.82 Å². The van der Waals surface area contributed by atoms with E-state index in [1.807, 2.05) is 56.6 Å². The third kappa shape index (κ3) is 4.72. The van der Waals surface area contributed by atoms with Crippen LogP contribution >= 0.6 is 0 Å². The number of aromatic nitrogens is 3. The second kappa shape index (κ2) is 9.57. The molecule has 0 aliphatic heterocycles. The quantitative estimate of drug-likeness (QED) is 0.328. The van der Waals surface area contributed by atoms with Crippen molar-refractivity contribution in [2.75, 3.05) is 11.9 Å². The zero-order valence-electron chi connectivity index (χ0n) is 18.8. The number of hydrogen-bond donors (Lipinski definition) is 0. The Bertz CT molecular complexity index is 1310. The number of halogens is 1. The third-order valence-electron chi connectivity index (χ3n) is 5.54. The lowest BCUT2D eigenvalue weighted by Gasteiger charge is -2.20. The molecule has 4 rings (SSSR count). The van der Waals surface area contributed by atoms with Crippen molar-refractivity contribution >= 4 is 18.0 Å². The summed E-state index contributed by atoms with van der Waals surface area (Å²) in [5.74, 6) is -0.202. The van der Waals surface area contributed by atoms with Crippen LogP contribution in [0.1, 0.15) is 22.4 Å². The lowest BCUT2D eigenvalue weighted by Crippen LogP contribution is -2.19. The minimum Gasteiger partial charge on any atom is -0.353 e. The van der Waals surface area contributed by atoms with Crippen molar-refractivity contribution in [3.63, 3.8) is 0 Å². The largest absolute Gasteiger partial charge is 0.353 e. The molecule has 0 saturated carbocycles. The summed E-state index contributed by atoms with van der Waals surface area (Å²) in [6.07, 6.45) is 6.68. The van der Waals surface area contributed by atoms with Gasteiger partial charge in [-0.15, -0.1) is 0 Å². The van der Waals surface area contributed by atoms with Crippen molar-refractivity contribution in [1.82, 2.24) is 15.0 Å². The Balaban J connectivity index is 1.57. The highest BCUT2D eigenvalue weighted by Crippen LogP contribution is 2.29. The van der Waals surface area contributed by atoms with Crippen LogP contribution in [0.15, 0.2) is 80.3 Å². The van der Waals surface area contributed by atoms with Gasteiger partial charge in [0.15, 0.2) is 11.6 Å². The first-order chi connectivity index (χ1) is 16.0. The van der Waals surface area contributed by atoms with Gasteiger partial charge in [-0.3, -0.25) is 4.98 Å². The number of hydrogen-bond acceptors (Lipinski definition) is 4. The van der Waals surface area contributed by atoms with Gasteiger partial charge in [-0.1, -0.05) is 61.7 Å². The lowest BCUT2D eigenvalue weighted by molar-refractivity contribution is 0.611. The maximum atomic E-state index is 15.4. The first kappa shape index (κ1) is 22.1. The Morgan fingerprint density at radius 3 is 2.27 bits per heavy atom. The zero-order chi connectivity index (χ0) is 23.4. The molecule has 164 valence electrons. The zero-order valence-corrected chi connectivity index (χ0v) is 18.8. The highest BCUT2D eigenvalue weighted by molar-refractivity contribution is 5.72. The molecular weight excluding hydrogens is 411 g/mol. The van der Waals surface area contributed by atoms with Crippen molar-refractivity contribution in [2.45, 2.75) is 13.5 Å². The predicted molar refractivity (Wildman–Crippen MR) is 134 cm³/mol. The molecule has 0 N–H and O–H groups in total. The minimum absolute atomic E-state index is 0.252. The highest BCUT2D eigenvalue weighted by atomic mass is 19.1. The maximum Gasteiger partial charge on any atom is 0.191 e. The summed E-state index contributed by atoms with van der Waals surface area (Å²) >= 11 is 0. The van der Waals surface area contributed by atoms with Gasteiger partial charge >= 0.3 is 0 Å². The molecule has 33 heavy (non-hydrogen) atoms. The average Bonchev–Trinajstić information content (AvgIpc) is 2.84. The molecule has 0 bridgehead atoms. The van der Waals surface area contributed by atoms with Gasteiger partial charge in [-0.2, -0.15) is 0 Å². The lowest BCUT2D eigenvalue weighted by atomic mass is 10.0. The van der Waals surface area contributed by atoms with Crippen LogP contribution in [0.2, 0.25) is 0 Å². The fraction of sp³-hybridized carbons (Fsp3) is 0.107. The van der Waals surface area contributed by atoms with E-state index in [1.165, 1.54) is 6.33 Å². The molecule has 2 heterocycles. The summed E-state index contributed by atoms with van der Waals surface area (Å²) in [4.78, 5) is 14.5. The number of rotatable bonds is 7. The Morgan fingerprint density at radius 2 is 1.58 bits per heavy atom.